The molecule has 0 radical (unpaired) electrons. The lowest BCUT2D eigenvalue weighted by Gasteiger charge is -2.27. The lowest BCUT2D eigenvalue weighted by Crippen LogP contribution is -2.40. The Morgan fingerprint density at radius 2 is 2.00 bits per heavy atom. The minimum atomic E-state index is -0.565. The maximum atomic E-state index is 11.8. The molecular formula is C13H24N2O3. The molecule has 0 unspecified atom stereocenters. The van der Waals surface area contributed by atoms with Gasteiger partial charge < -0.3 is 9.84 Å². The third-order valence-corrected chi connectivity index (χ3v) is 2.40. The zero-order valence-electron chi connectivity index (χ0n) is 11.9. The molecule has 0 rings (SSSR count). The van der Waals surface area contributed by atoms with Gasteiger partial charge in [0.1, 0.15) is 11.6 Å². The van der Waals surface area contributed by atoms with Crippen LogP contribution in [0, 0.1) is 11.3 Å². The monoisotopic (exact) mass is 256 g/mol. The molecule has 2 atom stereocenters. The van der Waals surface area contributed by atoms with Crippen LogP contribution in [0.1, 0.15) is 47.0 Å². The second-order valence-electron chi connectivity index (χ2n) is 5.52. The predicted molar refractivity (Wildman–Crippen MR) is 68.9 cm³/mol. The molecule has 1 N–H and O–H groups in total. The van der Waals surface area contributed by atoms with Crippen molar-refractivity contribution in [1.29, 1.82) is 5.26 Å². The summed E-state index contributed by atoms with van der Waals surface area (Å²) in [6, 6.07) is 1.57. The van der Waals surface area contributed by atoms with Crippen molar-refractivity contribution < 1.29 is 14.6 Å². The first-order valence-electron chi connectivity index (χ1n) is 6.21. The summed E-state index contributed by atoms with van der Waals surface area (Å²) in [6.07, 6.45) is 0.989. The SMILES string of the molecule is C[C@H](O)CCC[C@@H](C#N)N(C)C(=O)OC(C)(C)C. The first-order valence-corrected chi connectivity index (χ1v) is 6.21. The summed E-state index contributed by atoms with van der Waals surface area (Å²) in [6.45, 7) is 7.06. The van der Waals surface area contributed by atoms with Crippen LogP contribution < -0.4 is 0 Å². The molecule has 0 aromatic rings. The van der Waals surface area contributed by atoms with Crippen molar-refractivity contribution in [3.63, 3.8) is 0 Å². The number of aliphatic hydroxyl groups is 1. The van der Waals surface area contributed by atoms with Gasteiger partial charge in [0.15, 0.2) is 0 Å². The number of hydrogen-bond acceptors (Lipinski definition) is 4. The van der Waals surface area contributed by atoms with E-state index >= 15 is 0 Å². The van der Waals surface area contributed by atoms with Gasteiger partial charge >= 0.3 is 6.09 Å². The van der Waals surface area contributed by atoms with Gasteiger partial charge in [-0.05, 0) is 47.0 Å². The summed E-state index contributed by atoms with van der Waals surface area (Å²) in [7, 11) is 1.56. The standard InChI is InChI=1S/C13H24N2O3/c1-10(16)7-6-8-11(9-14)15(5)12(17)18-13(2,3)4/h10-11,16H,6-8H2,1-5H3/t10-,11-/m0/s1. The predicted octanol–water partition coefficient (Wildman–Crippen LogP) is 2.30. The van der Waals surface area contributed by atoms with E-state index in [-0.39, 0.29) is 6.10 Å². The molecule has 0 aliphatic carbocycles. The molecule has 0 aromatic heterocycles. The lowest BCUT2D eigenvalue weighted by atomic mass is 10.1. The third kappa shape index (κ3) is 7.13. The second kappa shape index (κ2) is 7.22. The van der Waals surface area contributed by atoms with Gasteiger partial charge in [0, 0.05) is 7.05 Å². The minimum absolute atomic E-state index is 0.379. The number of hydrogen-bond donors (Lipinski definition) is 1. The summed E-state index contributed by atoms with van der Waals surface area (Å²) in [4.78, 5) is 13.1. The number of nitrogens with zero attached hydrogens (tertiary/aromatic N) is 2. The Hall–Kier alpha value is -1.28. The van der Waals surface area contributed by atoms with Crippen LogP contribution in [-0.2, 0) is 4.74 Å². The zero-order valence-corrected chi connectivity index (χ0v) is 11.9. The highest BCUT2D eigenvalue weighted by molar-refractivity contribution is 5.68. The molecule has 18 heavy (non-hydrogen) atoms. The van der Waals surface area contributed by atoms with Crippen molar-refractivity contribution >= 4 is 6.09 Å². The van der Waals surface area contributed by atoms with Crippen LogP contribution in [0.4, 0.5) is 4.79 Å². The van der Waals surface area contributed by atoms with E-state index in [2.05, 4.69) is 6.07 Å². The van der Waals surface area contributed by atoms with Crippen LogP contribution in [0.5, 0.6) is 0 Å². The van der Waals surface area contributed by atoms with Crippen molar-refractivity contribution in [2.45, 2.75) is 64.7 Å². The Balaban J connectivity index is 4.30. The van der Waals surface area contributed by atoms with Gasteiger partial charge in [-0.15, -0.1) is 0 Å². The van der Waals surface area contributed by atoms with Gasteiger partial charge in [-0.2, -0.15) is 5.26 Å². The molecule has 0 aliphatic rings. The molecule has 1 amide bonds. The van der Waals surface area contributed by atoms with Crippen molar-refractivity contribution in [2.24, 2.45) is 0 Å². The number of nitriles is 1. The first kappa shape index (κ1) is 16.7. The van der Waals surface area contributed by atoms with E-state index in [1.54, 1.807) is 34.7 Å². The normalized spacial score (nSPS) is 14.5. The van der Waals surface area contributed by atoms with Crippen LogP contribution >= 0.6 is 0 Å². The smallest absolute Gasteiger partial charge is 0.411 e. The molecule has 0 aliphatic heterocycles. The van der Waals surface area contributed by atoms with E-state index in [0.717, 1.165) is 0 Å². The highest BCUT2D eigenvalue weighted by atomic mass is 16.6. The van der Waals surface area contributed by atoms with Gasteiger partial charge in [-0.1, -0.05) is 0 Å². The van der Waals surface area contributed by atoms with E-state index in [1.165, 1.54) is 4.90 Å². The van der Waals surface area contributed by atoms with Crippen molar-refractivity contribution in [1.82, 2.24) is 4.90 Å². The Labute approximate surface area is 109 Å². The highest BCUT2D eigenvalue weighted by Gasteiger charge is 2.24. The first-order chi connectivity index (χ1) is 8.17. The van der Waals surface area contributed by atoms with Gasteiger partial charge in [0.25, 0.3) is 0 Å². The van der Waals surface area contributed by atoms with E-state index in [0.29, 0.717) is 19.3 Å². The van der Waals surface area contributed by atoms with E-state index < -0.39 is 17.7 Å². The Bertz CT molecular complexity index is 302. The molecule has 0 bridgehead atoms. The van der Waals surface area contributed by atoms with Crippen LogP contribution in [0.15, 0.2) is 0 Å². The van der Waals surface area contributed by atoms with Crippen LogP contribution in [0.2, 0.25) is 0 Å². The molecule has 0 spiro atoms. The number of ether oxygens (including phenoxy) is 1. The molecule has 104 valence electrons. The molecule has 0 aromatic carbocycles. The fourth-order valence-electron chi connectivity index (χ4n) is 1.41. The van der Waals surface area contributed by atoms with Gasteiger partial charge in [0.05, 0.1) is 12.2 Å². The fraction of sp³-hybridized carbons (Fsp3) is 0.846. The Kier molecular flexibility index (Phi) is 6.71. The maximum absolute atomic E-state index is 11.8. The van der Waals surface area contributed by atoms with Crippen LogP contribution in [-0.4, -0.2) is 40.9 Å². The minimum Gasteiger partial charge on any atom is -0.444 e. The Morgan fingerprint density at radius 3 is 2.39 bits per heavy atom. The van der Waals surface area contributed by atoms with Gasteiger partial charge in [-0.25, -0.2) is 4.79 Å². The average molecular weight is 256 g/mol. The molecule has 5 nitrogen and oxygen atoms in total. The molecular weight excluding hydrogens is 232 g/mol. The van der Waals surface area contributed by atoms with Gasteiger partial charge in [-0.3, -0.25) is 4.90 Å². The van der Waals surface area contributed by atoms with E-state index in [4.69, 9.17) is 15.1 Å². The summed E-state index contributed by atoms with van der Waals surface area (Å²) in [5.41, 5.74) is -0.565. The summed E-state index contributed by atoms with van der Waals surface area (Å²) in [5, 5.41) is 18.2. The Morgan fingerprint density at radius 1 is 1.44 bits per heavy atom. The molecule has 5 heteroatoms. The molecule has 0 heterocycles. The number of rotatable bonds is 5. The summed E-state index contributed by atoms with van der Waals surface area (Å²) >= 11 is 0. The largest absolute Gasteiger partial charge is 0.444 e. The van der Waals surface area contributed by atoms with Crippen molar-refractivity contribution in [2.75, 3.05) is 7.05 Å². The lowest BCUT2D eigenvalue weighted by molar-refractivity contribution is 0.0252. The zero-order chi connectivity index (χ0) is 14.3. The van der Waals surface area contributed by atoms with Crippen LogP contribution in [0.25, 0.3) is 0 Å². The van der Waals surface area contributed by atoms with Crippen molar-refractivity contribution in [3.05, 3.63) is 0 Å². The average Bonchev–Trinajstić information content (AvgIpc) is 2.20. The second-order valence-corrected chi connectivity index (χ2v) is 5.52. The van der Waals surface area contributed by atoms with E-state index in [1.807, 2.05) is 0 Å². The number of amides is 1. The number of carbonyl (C=O) groups excluding carboxylic acids is 1. The quantitative estimate of drug-likeness (QED) is 0.819. The van der Waals surface area contributed by atoms with Gasteiger partial charge in [0.2, 0.25) is 0 Å². The third-order valence-electron chi connectivity index (χ3n) is 2.40. The summed E-state index contributed by atoms with van der Waals surface area (Å²) in [5.74, 6) is 0. The summed E-state index contributed by atoms with van der Waals surface area (Å²) < 4.78 is 5.20. The molecule has 0 fully saturated rings. The highest BCUT2D eigenvalue weighted by Crippen LogP contribution is 2.13. The fourth-order valence-corrected chi connectivity index (χ4v) is 1.41. The topological polar surface area (TPSA) is 73.6 Å². The van der Waals surface area contributed by atoms with E-state index in [9.17, 15) is 4.79 Å². The molecule has 0 saturated heterocycles. The maximum Gasteiger partial charge on any atom is 0.411 e. The van der Waals surface area contributed by atoms with Crippen LogP contribution in [0.3, 0.4) is 0 Å². The van der Waals surface area contributed by atoms with Crippen molar-refractivity contribution in [3.8, 4) is 6.07 Å². The molecule has 0 saturated carbocycles. The number of aliphatic hydroxyl groups excluding tert-OH is 1. The number of carbonyl (C=O) groups is 1.